The van der Waals surface area contributed by atoms with E-state index >= 15 is 0 Å². The Hall–Kier alpha value is -2.48. The van der Waals surface area contributed by atoms with Crippen LogP contribution in [0, 0.1) is 0 Å². The molecule has 2 aromatic heterocycles. The summed E-state index contributed by atoms with van der Waals surface area (Å²) < 4.78 is 2.10. The number of nitrogens with one attached hydrogen (secondary N) is 1. The summed E-state index contributed by atoms with van der Waals surface area (Å²) in [4.78, 5) is 20.0. The number of rotatable bonds is 15. The molecule has 0 spiro atoms. The van der Waals surface area contributed by atoms with E-state index in [0.717, 1.165) is 44.2 Å². The predicted molar refractivity (Wildman–Crippen MR) is 146 cm³/mol. The standard InChI is InChI=1S/C29H45N7/c1-4-14-34(15-5-2)16-6-7-17-35-18-10-26-20-25(8-9-27(26)22-35)21-36(23-28-30-11-12-31-28)24-29-32-13-19-33(29)3/h8-9,11-13,19-20H,4-7,10,14-18,21-24H2,1-3H3,(H,30,31). The first-order chi connectivity index (χ1) is 17.6. The summed E-state index contributed by atoms with van der Waals surface area (Å²) in [6.07, 6.45) is 13.9. The van der Waals surface area contributed by atoms with Crippen LogP contribution in [-0.4, -0.2) is 66.9 Å². The fourth-order valence-electron chi connectivity index (χ4n) is 5.36. The Labute approximate surface area is 217 Å². The maximum absolute atomic E-state index is 4.55. The monoisotopic (exact) mass is 491 g/mol. The molecule has 1 aromatic carbocycles. The number of nitrogens with zero attached hydrogens (tertiary/aromatic N) is 6. The number of aromatic amines is 1. The fraction of sp³-hybridized carbons (Fsp3) is 0.586. The van der Waals surface area contributed by atoms with Crippen LogP contribution in [0.3, 0.4) is 0 Å². The van der Waals surface area contributed by atoms with Crippen LogP contribution in [0.25, 0.3) is 0 Å². The second-order valence-electron chi connectivity index (χ2n) is 10.3. The zero-order valence-electron chi connectivity index (χ0n) is 22.6. The number of imidazole rings is 2. The maximum Gasteiger partial charge on any atom is 0.122 e. The molecule has 36 heavy (non-hydrogen) atoms. The third kappa shape index (κ3) is 7.76. The van der Waals surface area contributed by atoms with Gasteiger partial charge in [0.15, 0.2) is 0 Å². The molecule has 0 amide bonds. The Morgan fingerprint density at radius 3 is 2.50 bits per heavy atom. The van der Waals surface area contributed by atoms with Crippen LogP contribution in [-0.2, 0) is 39.6 Å². The fourth-order valence-corrected chi connectivity index (χ4v) is 5.36. The SMILES string of the molecule is CCCN(CCC)CCCCN1CCc2cc(CN(Cc3ncc[nH]3)Cc3nccn3C)ccc2C1. The highest BCUT2D eigenvalue weighted by Gasteiger charge is 2.18. The second-order valence-corrected chi connectivity index (χ2v) is 10.3. The Kier molecular flexibility index (Phi) is 10.1. The minimum absolute atomic E-state index is 0.776. The molecule has 1 aliphatic rings. The third-order valence-corrected chi connectivity index (χ3v) is 7.26. The summed E-state index contributed by atoms with van der Waals surface area (Å²) in [6.45, 7) is 14.3. The van der Waals surface area contributed by atoms with Gasteiger partial charge in [0.2, 0.25) is 0 Å². The Balaban J connectivity index is 1.30. The lowest BCUT2D eigenvalue weighted by atomic mass is 9.97. The van der Waals surface area contributed by atoms with Crippen LogP contribution in [0.15, 0.2) is 43.0 Å². The van der Waals surface area contributed by atoms with E-state index in [2.05, 4.69) is 73.3 Å². The van der Waals surface area contributed by atoms with E-state index in [1.165, 1.54) is 75.1 Å². The van der Waals surface area contributed by atoms with Gasteiger partial charge >= 0.3 is 0 Å². The lowest BCUT2D eigenvalue weighted by Gasteiger charge is -2.30. The lowest BCUT2D eigenvalue weighted by molar-refractivity contribution is 0.228. The van der Waals surface area contributed by atoms with E-state index in [4.69, 9.17) is 0 Å². The summed E-state index contributed by atoms with van der Waals surface area (Å²) in [5.74, 6) is 2.06. The van der Waals surface area contributed by atoms with Crippen LogP contribution >= 0.6 is 0 Å². The molecule has 0 saturated heterocycles. The molecule has 0 unspecified atom stereocenters. The maximum atomic E-state index is 4.55. The normalized spacial score (nSPS) is 14.1. The minimum Gasteiger partial charge on any atom is -0.348 e. The first kappa shape index (κ1) is 26.6. The van der Waals surface area contributed by atoms with Crippen molar-refractivity contribution in [1.82, 2.24) is 34.2 Å². The van der Waals surface area contributed by atoms with Crippen molar-refractivity contribution >= 4 is 0 Å². The Bertz CT molecular complexity index is 1020. The first-order valence-electron chi connectivity index (χ1n) is 13.9. The van der Waals surface area contributed by atoms with Crippen LogP contribution < -0.4 is 0 Å². The average molecular weight is 492 g/mol. The van der Waals surface area contributed by atoms with Gasteiger partial charge in [-0.15, -0.1) is 0 Å². The van der Waals surface area contributed by atoms with Gasteiger partial charge < -0.3 is 14.5 Å². The molecule has 4 rings (SSSR count). The van der Waals surface area contributed by atoms with E-state index in [-0.39, 0.29) is 0 Å². The Morgan fingerprint density at radius 2 is 1.78 bits per heavy atom. The highest BCUT2D eigenvalue weighted by atomic mass is 15.2. The molecule has 3 heterocycles. The molecule has 0 atom stereocenters. The van der Waals surface area contributed by atoms with Gasteiger partial charge in [0.05, 0.1) is 13.1 Å². The molecule has 3 aromatic rings. The highest BCUT2D eigenvalue weighted by Crippen LogP contribution is 2.22. The van der Waals surface area contributed by atoms with Crippen LogP contribution in [0.1, 0.15) is 67.9 Å². The minimum atomic E-state index is 0.776. The number of fused-ring (bicyclic) bond motifs is 1. The second kappa shape index (κ2) is 13.7. The van der Waals surface area contributed by atoms with Crippen molar-refractivity contribution in [1.29, 1.82) is 0 Å². The van der Waals surface area contributed by atoms with Gasteiger partial charge in [0, 0.05) is 51.5 Å². The van der Waals surface area contributed by atoms with E-state index in [9.17, 15) is 0 Å². The Morgan fingerprint density at radius 1 is 0.917 bits per heavy atom. The van der Waals surface area contributed by atoms with Crippen molar-refractivity contribution in [3.63, 3.8) is 0 Å². The number of unbranched alkanes of at least 4 members (excludes halogenated alkanes) is 1. The molecule has 196 valence electrons. The average Bonchev–Trinajstić information content (AvgIpc) is 3.54. The van der Waals surface area contributed by atoms with E-state index < -0.39 is 0 Å². The summed E-state index contributed by atoms with van der Waals surface area (Å²) in [5, 5.41) is 0. The van der Waals surface area contributed by atoms with E-state index in [1.54, 1.807) is 0 Å². The van der Waals surface area contributed by atoms with Gasteiger partial charge in [-0.1, -0.05) is 32.0 Å². The topological polar surface area (TPSA) is 56.2 Å². The summed E-state index contributed by atoms with van der Waals surface area (Å²) in [7, 11) is 2.06. The summed E-state index contributed by atoms with van der Waals surface area (Å²) >= 11 is 0. The summed E-state index contributed by atoms with van der Waals surface area (Å²) in [5.41, 5.74) is 4.40. The van der Waals surface area contributed by atoms with E-state index in [1.807, 2.05) is 24.8 Å². The van der Waals surface area contributed by atoms with Crippen molar-refractivity contribution in [2.24, 2.45) is 7.05 Å². The van der Waals surface area contributed by atoms with Gasteiger partial charge in [0.1, 0.15) is 11.6 Å². The highest BCUT2D eigenvalue weighted by molar-refractivity contribution is 5.34. The molecular weight excluding hydrogens is 446 g/mol. The van der Waals surface area contributed by atoms with Crippen LogP contribution in [0.4, 0.5) is 0 Å². The molecule has 7 heteroatoms. The molecule has 0 radical (unpaired) electrons. The number of aromatic nitrogens is 4. The molecule has 1 N–H and O–H groups in total. The van der Waals surface area contributed by atoms with Crippen molar-refractivity contribution in [2.45, 2.75) is 72.1 Å². The first-order valence-corrected chi connectivity index (χ1v) is 13.9. The quantitative estimate of drug-likeness (QED) is 0.315. The zero-order valence-corrected chi connectivity index (χ0v) is 22.6. The van der Waals surface area contributed by atoms with Crippen molar-refractivity contribution in [2.75, 3.05) is 32.7 Å². The van der Waals surface area contributed by atoms with Crippen molar-refractivity contribution in [3.8, 4) is 0 Å². The smallest absolute Gasteiger partial charge is 0.122 e. The predicted octanol–water partition coefficient (Wildman–Crippen LogP) is 4.61. The van der Waals surface area contributed by atoms with Crippen LogP contribution in [0.5, 0.6) is 0 Å². The number of aryl methyl sites for hydroxylation is 1. The molecular formula is C29H45N7. The van der Waals surface area contributed by atoms with Gasteiger partial charge in [-0.3, -0.25) is 9.80 Å². The van der Waals surface area contributed by atoms with Crippen molar-refractivity contribution < 1.29 is 0 Å². The van der Waals surface area contributed by atoms with E-state index in [0.29, 0.717) is 0 Å². The molecule has 0 saturated carbocycles. The van der Waals surface area contributed by atoms with Gasteiger partial charge in [-0.25, -0.2) is 9.97 Å². The van der Waals surface area contributed by atoms with Crippen LogP contribution in [0.2, 0.25) is 0 Å². The molecule has 7 nitrogen and oxygen atoms in total. The lowest BCUT2D eigenvalue weighted by Crippen LogP contribution is -2.32. The molecule has 0 fully saturated rings. The number of hydrogen-bond acceptors (Lipinski definition) is 5. The zero-order chi connectivity index (χ0) is 25.2. The van der Waals surface area contributed by atoms with Gasteiger partial charge in [-0.2, -0.15) is 0 Å². The third-order valence-electron chi connectivity index (χ3n) is 7.26. The number of H-pyrrole nitrogens is 1. The molecule has 0 aliphatic carbocycles. The molecule has 1 aliphatic heterocycles. The summed E-state index contributed by atoms with van der Waals surface area (Å²) in [6, 6.07) is 7.13. The number of hydrogen-bond donors (Lipinski definition) is 1. The largest absolute Gasteiger partial charge is 0.348 e. The number of benzene rings is 1. The van der Waals surface area contributed by atoms with Gasteiger partial charge in [-0.05, 0) is 75.0 Å². The van der Waals surface area contributed by atoms with Crippen molar-refractivity contribution in [3.05, 3.63) is 71.3 Å². The van der Waals surface area contributed by atoms with Gasteiger partial charge in [0.25, 0.3) is 0 Å². The molecule has 0 bridgehead atoms.